The second-order valence-electron chi connectivity index (χ2n) is 6.69. The van der Waals surface area contributed by atoms with Crippen LogP contribution in [-0.4, -0.2) is 33.2 Å². The van der Waals surface area contributed by atoms with E-state index in [0.29, 0.717) is 18.8 Å². The number of H-pyrrole nitrogens is 1. The molecule has 2 aliphatic heterocycles. The molecule has 7 nitrogen and oxygen atoms in total. The molecule has 2 aliphatic rings. The van der Waals surface area contributed by atoms with Crippen molar-refractivity contribution in [1.82, 2.24) is 19.9 Å². The maximum absolute atomic E-state index is 12.5. The minimum atomic E-state index is -0.0520. The van der Waals surface area contributed by atoms with Crippen LogP contribution in [0, 0.1) is 0 Å². The Morgan fingerprint density at radius 3 is 2.93 bits per heavy atom. The lowest BCUT2D eigenvalue weighted by atomic mass is 10.0. The SMILES string of the molecule is O=c1[nH]c(-c2ccncc2)nc2c1CCN(Cc1cccc3c1OCO3)C2. The molecule has 0 bridgehead atoms. The van der Waals surface area contributed by atoms with E-state index in [1.807, 2.05) is 24.3 Å². The smallest absolute Gasteiger partial charge is 0.254 e. The summed E-state index contributed by atoms with van der Waals surface area (Å²) in [5, 5.41) is 0. The van der Waals surface area contributed by atoms with Gasteiger partial charge in [0, 0.05) is 48.7 Å². The molecule has 0 unspecified atom stereocenters. The minimum absolute atomic E-state index is 0.0520. The first-order chi connectivity index (χ1) is 13.3. The van der Waals surface area contributed by atoms with Gasteiger partial charge in [-0.3, -0.25) is 14.7 Å². The maximum Gasteiger partial charge on any atom is 0.254 e. The molecule has 0 saturated carbocycles. The molecule has 1 N–H and O–H groups in total. The summed E-state index contributed by atoms with van der Waals surface area (Å²) in [4.78, 5) is 26.4. The van der Waals surface area contributed by atoms with E-state index in [0.717, 1.165) is 47.0 Å². The predicted octanol–water partition coefficient (Wildman–Crippen LogP) is 2.12. The molecule has 136 valence electrons. The molecule has 0 atom stereocenters. The van der Waals surface area contributed by atoms with Gasteiger partial charge in [0.05, 0.1) is 5.69 Å². The first-order valence-corrected chi connectivity index (χ1v) is 8.90. The normalized spacial score (nSPS) is 15.6. The Labute approximate surface area is 155 Å². The zero-order valence-corrected chi connectivity index (χ0v) is 14.6. The Bertz CT molecular complexity index is 1050. The average Bonchev–Trinajstić information content (AvgIpc) is 3.18. The largest absolute Gasteiger partial charge is 0.454 e. The first-order valence-electron chi connectivity index (χ1n) is 8.90. The molecule has 0 fully saturated rings. The summed E-state index contributed by atoms with van der Waals surface area (Å²) < 4.78 is 11.1. The highest BCUT2D eigenvalue weighted by molar-refractivity contribution is 5.54. The number of aromatic nitrogens is 3. The van der Waals surface area contributed by atoms with Crippen molar-refractivity contribution in [3.8, 4) is 22.9 Å². The Balaban J connectivity index is 1.43. The van der Waals surface area contributed by atoms with Gasteiger partial charge in [0.25, 0.3) is 5.56 Å². The van der Waals surface area contributed by atoms with E-state index in [1.165, 1.54) is 0 Å². The second-order valence-corrected chi connectivity index (χ2v) is 6.69. The Morgan fingerprint density at radius 2 is 2.04 bits per heavy atom. The summed E-state index contributed by atoms with van der Waals surface area (Å²) in [7, 11) is 0. The highest BCUT2D eigenvalue weighted by atomic mass is 16.7. The van der Waals surface area contributed by atoms with E-state index in [-0.39, 0.29) is 12.4 Å². The van der Waals surface area contributed by atoms with Crippen LogP contribution < -0.4 is 15.0 Å². The number of hydrogen-bond acceptors (Lipinski definition) is 6. The zero-order valence-electron chi connectivity index (χ0n) is 14.6. The molecule has 0 amide bonds. The van der Waals surface area contributed by atoms with Crippen molar-refractivity contribution in [2.75, 3.05) is 13.3 Å². The number of benzene rings is 1. The molecule has 0 saturated heterocycles. The maximum atomic E-state index is 12.5. The minimum Gasteiger partial charge on any atom is -0.454 e. The Morgan fingerprint density at radius 1 is 1.15 bits per heavy atom. The quantitative estimate of drug-likeness (QED) is 0.769. The predicted molar refractivity (Wildman–Crippen MR) is 98.5 cm³/mol. The van der Waals surface area contributed by atoms with Gasteiger partial charge in [-0.05, 0) is 24.6 Å². The molecule has 5 rings (SSSR count). The van der Waals surface area contributed by atoms with Gasteiger partial charge in [0.2, 0.25) is 6.79 Å². The number of nitrogens with zero attached hydrogens (tertiary/aromatic N) is 3. The molecule has 0 radical (unpaired) electrons. The van der Waals surface area contributed by atoms with Gasteiger partial charge in [-0.1, -0.05) is 12.1 Å². The molecule has 1 aromatic carbocycles. The second kappa shape index (κ2) is 6.51. The van der Waals surface area contributed by atoms with Crippen LogP contribution in [0.3, 0.4) is 0 Å². The van der Waals surface area contributed by atoms with Gasteiger partial charge in [0.15, 0.2) is 11.5 Å². The molecular formula is C20H18N4O3. The molecular weight excluding hydrogens is 344 g/mol. The average molecular weight is 362 g/mol. The van der Waals surface area contributed by atoms with Gasteiger partial charge in [-0.2, -0.15) is 0 Å². The van der Waals surface area contributed by atoms with E-state index < -0.39 is 0 Å². The lowest BCUT2D eigenvalue weighted by Gasteiger charge is -2.28. The van der Waals surface area contributed by atoms with Crippen LogP contribution in [0.1, 0.15) is 16.8 Å². The first kappa shape index (κ1) is 16.0. The van der Waals surface area contributed by atoms with Crippen LogP contribution in [0.15, 0.2) is 47.5 Å². The standard InChI is InChI=1S/C20H18N4O3/c25-20-15-6-9-24(10-14-2-1-3-17-18(14)27-12-26-17)11-16(15)22-19(23-20)13-4-7-21-8-5-13/h1-5,7-8H,6,9-12H2,(H,22,23,25). The monoisotopic (exact) mass is 362 g/mol. The van der Waals surface area contributed by atoms with Crippen LogP contribution in [0.5, 0.6) is 11.5 Å². The third-order valence-electron chi connectivity index (χ3n) is 4.98. The zero-order chi connectivity index (χ0) is 18.2. The van der Waals surface area contributed by atoms with Crippen LogP contribution in [-0.2, 0) is 19.5 Å². The van der Waals surface area contributed by atoms with Crippen molar-refractivity contribution in [3.05, 3.63) is 69.9 Å². The fourth-order valence-corrected chi connectivity index (χ4v) is 3.63. The molecule has 0 aliphatic carbocycles. The number of para-hydroxylation sites is 1. The van der Waals surface area contributed by atoms with E-state index >= 15 is 0 Å². The van der Waals surface area contributed by atoms with Crippen molar-refractivity contribution >= 4 is 0 Å². The van der Waals surface area contributed by atoms with Crippen molar-refractivity contribution in [2.45, 2.75) is 19.5 Å². The van der Waals surface area contributed by atoms with Crippen LogP contribution >= 0.6 is 0 Å². The number of nitrogens with one attached hydrogen (secondary N) is 1. The summed E-state index contributed by atoms with van der Waals surface area (Å²) in [6.45, 7) is 2.42. The van der Waals surface area contributed by atoms with Crippen LogP contribution in [0.2, 0.25) is 0 Å². The van der Waals surface area contributed by atoms with Crippen molar-refractivity contribution in [1.29, 1.82) is 0 Å². The fraction of sp³-hybridized carbons (Fsp3) is 0.250. The third kappa shape index (κ3) is 2.96. The van der Waals surface area contributed by atoms with Gasteiger partial charge in [0.1, 0.15) is 5.82 Å². The Kier molecular flexibility index (Phi) is 3.86. The highest BCUT2D eigenvalue weighted by Gasteiger charge is 2.24. The number of hydrogen-bond donors (Lipinski definition) is 1. The van der Waals surface area contributed by atoms with Gasteiger partial charge in [-0.25, -0.2) is 4.98 Å². The van der Waals surface area contributed by atoms with Crippen molar-refractivity contribution in [2.24, 2.45) is 0 Å². The van der Waals surface area contributed by atoms with Crippen molar-refractivity contribution < 1.29 is 9.47 Å². The molecule has 27 heavy (non-hydrogen) atoms. The third-order valence-corrected chi connectivity index (χ3v) is 4.98. The summed E-state index contributed by atoms with van der Waals surface area (Å²) in [5.74, 6) is 2.19. The molecule has 3 aromatic rings. The number of pyridine rings is 1. The lowest BCUT2D eigenvalue weighted by molar-refractivity contribution is 0.171. The Hall–Kier alpha value is -3.19. The van der Waals surface area contributed by atoms with Crippen LogP contribution in [0.4, 0.5) is 0 Å². The summed E-state index contributed by atoms with van der Waals surface area (Å²) in [6, 6.07) is 9.63. The number of aromatic amines is 1. The van der Waals surface area contributed by atoms with E-state index in [9.17, 15) is 4.79 Å². The fourth-order valence-electron chi connectivity index (χ4n) is 3.63. The highest BCUT2D eigenvalue weighted by Crippen LogP contribution is 2.36. The number of rotatable bonds is 3. The van der Waals surface area contributed by atoms with Crippen molar-refractivity contribution in [3.63, 3.8) is 0 Å². The summed E-state index contributed by atoms with van der Waals surface area (Å²) >= 11 is 0. The summed E-state index contributed by atoms with van der Waals surface area (Å²) in [6.07, 6.45) is 4.07. The van der Waals surface area contributed by atoms with Gasteiger partial charge in [-0.15, -0.1) is 0 Å². The molecule has 2 aromatic heterocycles. The lowest BCUT2D eigenvalue weighted by Crippen LogP contribution is -2.35. The van der Waals surface area contributed by atoms with E-state index in [2.05, 4.69) is 20.9 Å². The van der Waals surface area contributed by atoms with Gasteiger partial charge < -0.3 is 14.5 Å². The molecule has 0 spiro atoms. The van der Waals surface area contributed by atoms with E-state index in [4.69, 9.17) is 14.5 Å². The topological polar surface area (TPSA) is 80.3 Å². The van der Waals surface area contributed by atoms with Gasteiger partial charge >= 0.3 is 0 Å². The van der Waals surface area contributed by atoms with E-state index in [1.54, 1.807) is 12.4 Å². The summed E-state index contributed by atoms with van der Waals surface area (Å²) in [5.41, 5.74) is 3.51. The molecule has 7 heteroatoms. The van der Waals surface area contributed by atoms with Crippen LogP contribution in [0.25, 0.3) is 11.4 Å². The number of fused-ring (bicyclic) bond motifs is 2. The molecule has 4 heterocycles. The number of ether oxygens (including phenoxy) is 2.